The maximum absolute atomic E-state index is 12.1. The van der Waals surface area contributed by atoms with Crippen LogP contribution in [0.4, 0.5) is 0 Å². The van der Waals surface area contributed by atoms with E-state index in [1.807, 2.05) is 0 Å². The summed E-state index contributed by atoms with van der Waals surface area (Å²) in [6.45, 7) is 1.64. The Labute approximate surface area is 107 Å². The van der Waals surface area contributed by atoms with Gasteiger partial charge in [0.1, 0.15) is 6.04 Å². The van der Waals surface area contributed by atoms with Gasteiger partial charge in [-0.15, -0.1) is 0 Å². The van der Waals surface area contributed by atoms with E-state index < -0.39 is 28.3 Å². The molecule has 1 saturated heterocycles. The van der Waals surface area contributed by atoms with Crippen LogP contribution >= 0.6 is 0 Å². The van der Waals surface area contributed by atoms with Gasteiger partial charge >= 0.3 is 5.97 Å². The fourth-order valence-corrected chi connectivity index (χ4v) is 3.67. The Hall–Kier alpha value is -0.700. The number of nitrogens with zero attached hydrogens (tertiary/aromatic N) is 1. The van der Waals surface area contributed by atoms with Crippen molar-refractivity contribution in [2.24, 2.45) is 0 Å². The molecule has 1 heterocycles. The molecule has 2 atom stereocenters. The lowest BCUT2D eigenvalue weighted by atomic mass is 10.1. The lowest BCUT2D eigenvalue weighted by molar-refractivity contribution is -0.142. The highest BCUT2D eigenvalue weighted by Gasteiger charge is 2.37. The van der Waals surface area contributed by atoms with Gasteiger partial charge in [0.15, 0.2) is 0 Å². The van der Waals surface area contributed by atoms with E-state index in [-0.39, 0.29) is 13.2 Å². The van der Waals surface area contributed by atoms with E-state index in [9.17, 15) is 13.2 Å². The molecule has 0 bridgehead atoms. The minimum atomic E-state index is -3.86. The predicted octanol–water partition coefficient (Wildman–Crippen LogP) is -0.469. The molecule has 0 radical (unpaired) electrons. The van der Waals surface area contributed by atoms with E-state index in [0.29, 0.717) is 25.7 Å². The number of nitrogens with one attached hydrogen (secondary N) is 1. The lowest BCUT2D eigenvalue weighted by Crippen LogP contribution is -2.54. The van der Waals surface area contributed by atoms with Crippen molar-refractivity contribution in [3.8, 4) is 0 Å². The third-order valence-corrected chi connectivity index (χ3v) is 4.76. The van der Waals surface area contributed by atoms with E-state index >= 15 is 0 Å². The van der Waals surface area contributed by atoms with E-state index in [1.165, 1.54) is 0 Å². The Kier molecular flexibility index (Phi) is 5.51. The summed E-state index contributed by atoms with van der Waals surface area (Å²) in [6.07, 6.45) is 2.13. The van der Waals surface area contributed by atoms with Crippen LogP contribution < -0.4 is 4.72 Å². The third kappa shape index (κ3) is 3.64. The van der Waals surface area contributed by atoms with Gasteiger partial charge in [-0.25, -0.2) is 0 Å². The molecule has 1 fully saturated rings. The standard InChI is InChI=1S/C10H20N2O5S/c1-2-8(7-13)11-18(16,17)12-6-4-3-5-9(12)10(14)15/h8-9,11,13H,2-7H2,1H3,(H,14,15). The molecule has 0 spiro atoms. The molecular formula is C10H20N2O5S. The number of aliphatic hydroxyl groups is 1. The summed E-state index contributed by atoms with van der Waals surface area (Å²) in [5, 5.41) is 18.0. The lowest BCUT2D eigenvalue weighted by Gasteiger charge is -2.32. The van der Waals surface area contributed by atoms with Gasteiger partial charge in [0.05, 0.1) is 6.61 Å². The van der Waals surface area contributed by atoms with Crippen molar-refractivity contribution in [3.63, 3.8) is 0 Å². The number of carboxylic acids is 1. The quantitative estimate of drug-likeness (QED) is 0.610. The molecule has 106 valence electrons. The highest BCUT2D eigenvalue weighted by molar-refractivity contribution is 7.87. The number of aliphatic carboxylic acids is 1. The molecule has 7 nitrogen and oxygen atoms in total. The maximum Gasteiger partial charge on any atom is 0.322 e. The summed E-state index contributed by atoms with van der Waals surface area (Å²) in [7, 11) is -3.86. The van der Waals surface area contributed by atoms with Crippen molar-refractivity contribution in [3.05, 3.63) is 0 Å². The van der Waals surface area contributed by atoms with Crippen molar-refractivity contribution >= 4 is 16.2 Å². The third-order valence-electron chi connectivity index (χ3n) is 3.08. The van der Waals surface area contributed by atoms with Crippen molar-refractivity contribution in [2.75, 3.05) is 13.2 Å². The first-order chi connectivity index (χ1) is 8.42. The molecule has 8 heteroatoms. The van der Waals surface area contributed by atoms with Crippen LogP contribution in [0, 0.1) is 0 Å². The summed E-state index contributed by atoms with van der Waals surface area (Å²) in [6, 6.07) is -1.58. The number of hydrogen-bond acceptors (Lipinski definition) is 4. The largest absolute Gasteiger partial charge is 0.480 e. The Morgan fingerprint density at radius 2 is 2.17 bits per heavy atom. The minimum Gasteiger partial charge on any atom is -0.480 e. The first kappa shape index (κ1) is 15.4. The highest BCUT2D eigenvalue weighted by Crippen LogP contribution is 2.20. The summed E-state index contributed by atoms with van der Waals surface area (Å²) < 4.78 is 27.5. The van der Waals surface area contributed by atoms with Crippen LogP contribution in [0.1, 0.15) is 32.6 Å². The van der Waals surface area contributed by atoms with Gasteiger partial charge in [0.2, 0.25) is 0 Å². The van der Waals surface area contributed by atoms with Gasteiger partial charge in [0, 0.05) is 12.6 Å². The minimum absolute atomic E-state index is 0.203. The van der Waals surface area contributed by atoms with Gasteiger partial charge in [-0.05, 0) is 25.7 Å². The van der Waals surface area contributed by atoms with E-state index in [4.69, 9.17) is 10.2 Å². The van der Waals surface area contributed by atoms with Crippen molar-refractivity contribution < 1.29 is 23.4 Å². The van der Waals surface area contributed by atoms with Gasteiger partial charge in [-0.2, -0.15) is 17.4 Å². The molecule has 0 aromatic heterocycles. The van der Waals surface area contributed by atoms with E-state index in [1.54, 1.807) is 6.92 Å². The van der Waals surface area contributed by atoms with Crippen LogP contribution in [-0.4, -0.2) is 54.1 Å². The second-order valence-electron chi connectivity index (χ2n) is 4.37. The Balaban J connectivity index is 2.84. The Bertz CT molecular complexity index is 380. The van der Waals surface area contributed by atoms with Crippen LogP contribution in [0.25, 0.3) is 0 Å². The predicted molar refractivity (Wildman–Crippen MR) is 65.2 cm³/mol. The highest BCUT2D eigenvalue weighted by atomic mass is 32.2. The van der Waals surface area contributed by atoms with Gasteiger partial charge in [-0.1, -0.05) is 6.92 Å². The molecular weight excluding hydrogens is 260 g/mol. The van der Waals surface area contributed by atoms with Gasteiger partial charge in [0.25, 0.3) is 10.2 Å². The van der Waals surface area contributed by atoms with Crippen LogP contribution in [-0.2, 0) is 15.0 Å². The van der Waals surface area contributed by atoms with Gasteiger partial charge in [-0.3, -0.25) is 4.79 Å². The zero-order valence-corrected chi connectivity index (χ0v) is 11.2. The van der Waals surface area contributed by atoms with Crippen molar-refractivity contribution in [2.45, 2.75) is 44.7 Å². The van der Waals surface area contributed by atoms with Crippen LogP contribution in [0.15, 0.2) is 0 Å². The fraction of sp³-hybridized carbons (Fsp3) is 0.900. The molecule has 0 saturated carbocycles. The number of hydrogen-bond donors (Lipinski definition) is 3. The molecule has 0 aliphatic carbocycles. The van der Waals surface area contributed by atoms with Crippen LogP contribution in [0.3, 0.4) is 0 Å². The molecule has 1 aliphatic heterocycles. The molecule has 18 heavy (non-hydrogen) atoms. The van der Waals surface area contributed by atoms with Crippen molar-refractivity contribution in [1.82, 2.24) is 9.03 Å². The SMILES string of the molecule is CCC(CO)NS(=O)(=O)N1CCCCC1C(=O)O. The average molecular weight is 280 g/mol. The van der Waals surface area contributed by atoms with E-state index in [0.717, 1.165) is 4.31 Å². The number of piperidine rings is 1. The second-order valence-corrected chi connectivity index (χ2v) is 6.03. The van der Waals surface area contributed by atoms with Crippen LogP contribution in [0.2, 0.25) is 0 Å². The molecule has 0 aromatic rings. The second kappa shape index (κ2) is 6.46. The summed E-state index contributed by atoms with van der Waals surface area (Å²) in [5.41, 5.74) is 0. The van der Waals surface area contributed by atoms with Crippen molar-refractivity contribution in [1.29, 1.82) is 0 Å². The molecule has 0 aromatic carbocycles. The summed E-state index contributed by atoms with van der Waals surface area (Å²) in [5.74, 6) is -1.13. The number of carbonyl (C=O) groups is 1. The molecule has 1 rings (SSSR count). The monoisotopic (exact) mass is 280 g/mol. The number of aliphatic hydroxyl groups excluding tert-OH is 1. The zero-order valence-electron chi connectivity index (χ0n) is 10.4. The molecule has 0 amide bonds. The Morgan fingerprint density at radius 1 is 1.50 bits per heavy atom. The molecule has 3 N–H and O–H groups in total. The normalized spacial score (nSPS) is 23.8. The Morgan fingerprint density at radius 3 is 2.67 bits per heavy atom. The van der Waals surface area contributed by atoms with Crippen LogP contribution in [0.5, 0.6) is 0 Å². The fourth-order valence-electron chi connectivity index (χ4n) is 1.97. The number of carboxylic acid groups (broad SMARTS) is 1. The maximum atomic E-state index is 12.1. The zero-order chi connectivity index (χ0) is 13.8. The molecule has 1 aliphatic rings. The topological polar surface area (TPSA) is 107 Å². The first-order valence-electron chi connectivity index (χ1n) is 6.05. The summed E-state index contributed by atoms with van der Waals surface area (Å²) >= 11 is 0. The van der Waals surface area contributed by atoms with Gasteiger partial charge < -0.3 is 10.2 Å². The van der Waals surface area contributed by atoms with E-state index in [2.05, 4.69) is 4.72 Å². The first-order valence-corrected chi connectivity index (χ1v) is 7.49. The summed E-state index contributed by atoms with van der Waals surface area (Å²) in [4.78, 5) is 11.1. The number of rotatable bonds is 6. The molecule has 2 unspecified atom stereocenters. The smallest absolute Gasteiger partial charge is 0.322 e. The average Bonchev–Trinajstić information content (AvgIpc) is 2.36.